The number of nitrogens with one attached hydrogen (secondary N) is 2. The van der Waals surface area contributed by atoms with Gasteiger partial charge in [0.25, 0.3) is 0 Å². The molecule has 2 aromatic rings. The molecule has 0 unspecified atom stereocenters. The van der Waals surface area contributed by atoms with Crippen LogP contribution in [0.25, 0.3) is 0 Å². The summed E-state index contributed by atoms with van der Waals surface area (Å²) in [5, 5.41) is 4.92. The van der Waals surface area contributed by atoms with Crippen LogP contribution in [0, 0.1) is 13.8 Å². The maximum absolute atomic E-state index is 11.9. The average molecular weight is 344 g/mol. The van der Waals surface area contributed by atoms with Gasteiger partial charge in [-0.3, -0.25) is 10.1 Å². The molecular weight excluding hydrogens is 324 g/mol. The van der Waals surface area contributed by atoms with Crippen LogP contribution in [0.1, 0.15) is 11.1 Å². The van der Waals surface area contributed by atoms with E-state index in [1.807, 2.05) is 32.0 Å². The van der Waals surface area contributed by atoms with Crippen molar-refractivity contribution in [2.75, 3.05) is 18.2 Å². The summed E-state index contributed by atoms with van der Waals surface area (Å²) in [5.41, 5.74) is 2.98. The molecule has 0 bridgehead atoms. The van der Waals surface area contributed by atoms with Gasteiger partial charge in [0.05, 0.1) is 12.9 Å². The molecular formula is C18H20N2O3S. The molecule has 2 rings (SSSR count). The van der Waals surface area contributed by atoms with Crippen LogP contribution in [0.2, 0.25) is 0 Å². The van der Waals surface area contributed by atoms with E-state index in [4.69, 9.17) is 4.74 Å². The number of thioether (sulfide) groups is 1. The first-order valence-electron chi connectivity index (χ1n) is 7.43. The van der Waals surface area contributed by atoms with Gasteiger partial charge in [-0.25, -0.2) is 4.79 Å². The fourth-order valence-corrected chi connectivity index (χ4v) is 2.75. The number of carbonyl (C=O) groups is 2. The molecule has 5 nitrogen and oxygen atoms in total. The van der Waals surface area contributed by atoms with E-state index in [-0.39, 0.29) is 11.7 Å². The van der Waals surface area contributed by atoms with Crippen molar-refractivity contribution in [3.05, 3.63) is 53.6 Å². The monoisotopic (exact) mass is 344 g/mol. The summed E-state index contributed by atoms with van der Waals surface area (Å²) in [5.74, 6) is 0.532. The van der Waals surface area contributed by atoms with Crippen molar-refractivity contribution in [1.29, 1.82) is 0 Å². The largest absolute Gasteiger partial charge is 0.497 e. The smallest absolute Gasteiger partial charge is 0.325 e. The Labute approximate surface area is 145 Å². The van der Waals surface area contributed by atoms with Gasteiger partial charge in [0, 0.05) is 10.6 Å². The Balaban J connectivity index is 1.80. The highest BCUT2D eigenvalue weighted by Gasteiger charge is 2.09. The minimum absolute atomic E-state index is 0.179. The molecule has 0 radical (unpaired) electrons. The van der Waals surface area contributed by atoms with Gasteiger partial charge in [-0.1, -0.05) is 6.07 Å². The Hall–Kier alpha value is -2.47. The fourth-order valence-electron chi connectivity index (χ4n) is 1.95. The standard InChI is InChI=1S/C18H20N2O3S/c1-12-4-9-16(10-13(12)2)24-11-17(21)20-18(22)19-14-5-7-15(23-3)8-6-14/h4-10H,11H2,1-3H3,(H2,19,20,21,22). The van der Waals surface area contributed by atoms with E-state index < -0.39 is 6.03 Å². The Bertz CT molecular complexity index is 730. The topological polar surface area (TPSA) is 67.4 Å². The Morgan fingerprint density at radius 3 is 2.38 bits per heavy atom. The predicted octanol–water partition coefficient (Wildman–Crippen LogP) is 3.75. The summed E-state index contributed by atoms with van der Waals surface area (Å²) in [7, 11) is 1.57. The Morgan fingerprint density at radius 2 is 1.75 bits per heavy atom. The Morgan fingerprint density at radius 1 is 1.04 bits per heavy atom. The minimum Gasteiger partial charge on any atom is -0.497 e. The van der Waals surface area contributed by atoms with Gasteiger partial charge in [0.1, 0.15) is 5.75 Å². The third-order valence-electron chi connectivity index (χ3n) is 3.45. The summed E-state index contributed by atoms with van der Waals surface area (Å²) in [6, 6.07) is 12.3. The number of ether oxygens (including phenoxy) is 1. The van der Waals surface area contributed by atoms with Crippen molar-refractivity contribution in [3.63, 3.8) is 0 Å². The lowest BCUT2D eigenvalue weighted by Crippen LogP contribution is -2.35. The number of rotatable bonds is 5. The second-order valence-corrected chi connectivity index (χ2v) is 6.31. The molecule has 3 amide bonds. The molecule has 2 aromatic carbocycles. The van der Waals surface area contributed by atoms with Crippen LogP contribution >= 0.6 is 11.8 Å². The lowest BCUT2D eigenvalue weighted by atomic mass is 10.1. The second-order valence-electron chi connectivity index (χ2n) is 5.27. The normalized spacial score (nSPS) is 10.1. The highest BCUT2D eigenvalue weighted by Crippen LogP contribution is 2.20. The number of aryl methyl sites for hydroxylation is 2. The van der Waals surface area contributed by atoms with Crippen LogP contribution in [0.4, 0.5) is 10.5 Å². The van der Waals surface area contributed by atoms with E-state index in [0.717, 1.165) is 4.90 Å². The summed E-state index contributed by atoms with van der Waals surface area (Å²) >= 11 is 1.40. The molecule has 6 heteroatoms. The molecule has 0 saturated heterocycles. The van der Waals surface area contributed by atoms with Crippen LogP contribution in [-0.4, -0.2) is 24.8 Å². The van der Waals surface area contributed by atoms with Gasteiger partial charge in [-0.2, -0.15) is 0 Å². The maximum Gasteiger partial charge on any atom is 0.325 e. The molecule has 0 atom stereocenters. The number of methoxy groups -OCH3 is 1. The summed E-state index contributed by atoms with van der Waals surface area (Å²) < 4.78 is 5.04. The van der Waals surface area contributed by atoms with E-state index in [9.17, 15) is 9.59 Å². The molecule has 0 saturated carbocycles. The number of urea groups is 1. The number of hydrogen-bond acceptors (Lipinski definition) is 4. The van der Waals surface area contributed by atoms with Gasteiger partial charge < -0.3 is 10.1 Å². The van der Waals surface area contributed by atoms with Crippen LogP contribution in [0.5, 0.6) is 5.75 Å². The van der Waals surface area contributed by atoms with Gasteiger partial charge >= 0.3 is 6.03 Å². The fraction of sp³-hybridized carbons (Fsp3) is 0.222. The molecule has 0 heterocycles. The highest BCUT2D eigenvalue weighted by molar-refractivity contribution is 8.00. The zero-order chi connectivity index (χ0) is 17.5. The maximum atomic E-state index is 11.9. The lowest BCUT2D eigenvalue weighted by Gasteiger charge is -2.08. The zero-order valence-corrected chi connectivity index (χ0v) is 14.7. The van der Waals surface area contributed by atoms with Crippen molar-refractivity contribution < 1.29 is 14.3 Å². The molecule has 0 fully saturated rings. The van der Waals surface area contributed by atoms with Gasteiger partial charge in [0.2, 0.25) is 5.91 Å². The number of carbonyl (C=O) groups excluding carboxylic acids is 2. The summed E-state index contributed by atoms with van der Waals surface area (Å²) in [4.78, 5) is 24.7. The number of anilines is 1. The van der Waals surface area contributed by atoms with E-state index in [1.54, 1.807) is 31.4 Å². The second kappa shape index (κ2) is 8.40. The number of benzene rings is 2. The molecule has 126 valence electrons. The van der Waals surface area contributed by atoms with Gasteiger partial charge in [0.15, 0.2) is 0 Å². The number of hydrogen-bond donors (Lipinski definition) is 2. The summed E-state index contributed by atoms with van der Waals surface area (Å²) in [6.07, 6.45) is 0. The van der Waals surface area contributed by atoms with Crippen LogP contribution < -0.4 is 15.4 Å². The van der Waals surface area contributed by atoms with Crippen molar-refractivity contribution >= 4 is 29.4 Å². The highest BCUT2D eigenvalue weighted by atomic mass is 32.2. The van der Waals surface area contributed by atoms with Crippen molar-refractivity contribution in [3.8, 4) is 5.75 Å². The first kappa shape index (κ1) is 17.9. The van der Waals surface area contributed by atoms with Crippen molar-refractivity contribution in [2.45, 2.75) is 18.7 Å². The first-order chi connectivity index (χ1) is 11.5. The molecule has 2 N–H and O–H groups in total. The molecule has 24 heavy (non-hydrogen) atoms. The van der Waals surface area contributed by atoms with E-state index in [1.165, 1.54) is 22.9 Å². The van der Waals surface area contributed by atoms with Crippen LogP contribution in [-0.2, 0) is 4.79 Å². The third kappa shape index (κ3) is 5.31. The molecule has 0 aromatic heterocycles. The van der Waals surface area contributed by atoms with E-state index in [0.29, 0.717) is 11.4 Å². The molecule has 0 aliphatic carbocycles. The summed E-state index contributed by atoms with van der Waals surface area (Å²) in [6.45, 7) is 4.07. The molecule has 0 aliphatic rings. The molecule has 0 aliphatic heterocycles. The van der Waals surface area contributed by atoms with E-state index in [2.05, 4.69) is 10.6 Å². The number of imide groups is 1. The quantitative estimate of drug-likeness (QED) is 0.811. The first-order valence-corrected chi connectivity index (χ1v) is 8.41. The van der Waals surface area contributed by atoms with Gasteiger partial charge in [-0.15, -0.1) is 11.8 Å². The Kier molecular flexibility index (Phi) is 6.26. The lowest BCUT2D eigenvalue weighted by molar-refractivity contribution is -0.117. The van der Waals surface area contributed by atoms with Crippen LogP contribution in [0.3, 0.4) is 0 Å². The number of amides is 3. The minimum atomic E-state index is -0.550. The average Bonchev–Trinajstić information content (AvgIpc) is 2.56. The van der Waals surface area contributed by atoms with E-state index >= 15 is 0 Å². The third-order valence-corrected chi connectivity index (χ3v) is 4.44. The molecule has 0 spiro atoms. The SMILES string of the molecule is COc1ccc(NC(=O)NC(=O)CSc2ccc(C)c(C)c2)cc1. The van der Waals surface area contributed by atoms with Crippen molar-refractivity contribution in [2.24, 2.45) is 0 Å². The van der Waals surface area contributed by atoms with Crippen LogP contribution in [0.15, 0.2) is 47.4 Å². The van der Waals surface area contributed by atoms with Crippen molar-refractivity contribution in [1.82, 2.24) is 5.32 Å². The zero-order valence-electron chi connectivity index (χ0n) is 13.9. The van der Waals surface area contributed by atoms with Gasteiger partial charge in [-0.05, 0) is 61.4 Å². The predicted molar refractivity (Wildman–Crippen MR) is 96.8 cm³/mol.